The lowest BCUT2D eigenvalue weighted by Gasteiger charge is -2.12. The van der Waals surface area contributed by atoms with Crippen LogP contribution in [-0.4, -0.2) is 20.6 Å². The molecule has 0 aromatic heterocycles. The van der Waals surface area contributed by atoms with E-state index < -0.39 is 0 Å². The quantitative estimate of drug-likeness (QED) is 0.734. The molecule has 0 bridgehead atoms. The highest BCUT2D eigenvalue weighted by molar-refractivity contribution is 5.54. The van der Waals surface area contributed by atoms with Gasteiger partial charge in [0, 0.05) is 32.0 Å². The van der Waals surface area contributed by atoms with Crippen molar-refractivity contribution >= 4 is 11.4 Å². The van der Waals surface area contributed by atoms with Gasteiger partial charge in [0.15, 0.2) is 0 Å². The van der Waals surface area contributed by atoms with Crippen LogP contribution in [0, 0.1) is 0 Å². The molecule has 0 heterocycles. The van der Waals surface area contributed by atoms with E-state index >= 15 is 0 Å². The lowest BCUT2D eigenvalue weighted by Crippen LogP contribution is -2.08. The van der Waals surface area contributed by atoms with Crippen LogP contribution >= 0.6 is 0 Å². The summed E-state index contributed by atoms with van der Waals surface area (Å²) in [5.41, 5.74) is 2.38. The summed E-state index contributed by atoms with van der Waals surface area (Å²) < 4.78 is 0. The van der Waals surface area contributed by atoms with E-state index in [-0.39, 0.29) is 0 Å². The Morgan fingerprint density at radius 1 is 1.21 bits per heavy atom. The number of benzene rings is 1. The molecule has 0 amide bonds. The van der Waals surface area contributed by atoms with Gasteiger partial charge in [0.05, 0.1) is 0 Å². The highest BCUT2D eigenvalue weighted by Crippen LogP contribution is 2.15. The van der Waals surface area contributed by atoms with E-state index in [4.69, 9.17) is 0 Å². The van der Waals surface area contributed by atoms with Gasteiger partial charge in [-0.15, -0.1) is 0 Å². The Labute approximate surface area is 86.2 Å². The minimum atomic E-state index is 0.887. The van der Waals surface area contributed by atoms with Gasteiger partial charge in [-0.2, -0.15) is 0 Å². The first kappa shape index (κ1) is 10.6. The van der Waals surface area contributed by atoms with Crippen molar-refractivity contribution in [1.29, 1.82) is 0 Å². The summed E-state index contributed by atoms with van der Waals surface area (Å²) in [7, 11) is 4.09. The molecule has 0 radical (unpaired) electrons. The van der Waals surface area contributed by atoms with Gasteiger partial charge in [0.1, 0.15) is 0 Å². The van der Waals surface area contributed by atoms with Crippen LogP contribution in [0.5, 0.6) is 0 Å². The molecule has 0 aliphatic heterocycles. The molecule has 14 heavy (non-hydrogen) atoms. The van der Waals surface area contributed by atoms with Gasteiger partial charge in [-0.25, -0.2) is 0 Å². The van der Waals surface area contributed by atoms with Crippen LogP contribution in [-0.2, 0) is 0 Å². The van der Waals surface area contributed by atoms with E-state index in [0.29, 0.717) is 0 Å². The molecule has 0 spiro atoms. The van der Waals surface area contributed by atoms with Crippen LogP contribution in [0.25, 0.3) is 0 Å². The topological polar surface area (TPSA) is 15.3 Å². The normalized spacial score (nSPS) is 10.5. The van der Waals surface area contributed by atoms with Crippen LogP contribution < -0.4 is 10.2 Å². The van der Waals surface area contributed by atoms with Gasteiger partial charge in [0.25, 0.3) is 0 Å². The fraction of sp³-hybridized carbons (Fsp3) is 0.333. The van der Waals surface area contributed by atoms with Crippen LogP contribution in [0.1, 0.15) is 6.92 Å². The lowest BCUT2D eigenvalue weighted by atomic mass is 10.2. The molecule has 1 aromatic carbocycles. The molecule has 0 saturated heterocycles. The summed E-state index contributed by atoms with van der Waals surface area (Å²) in [5, 5.41) is 3.31. The molecule has 2 nitrogen and oxygen atoms in total. The van der Waals surface area contributed by atoms with E-state index in [9.17, 15) is 0 Å². The molecule has 0 fully saturated rings. The summed E-state index contributed by atoms with van der Waals surface area (Å²) in [6.45, 7) is 2.91. The van der Waals surface area contributed by atoms with Crippen LogP contribution in [0.15, 0.2) is 36.4 Å². The largest absolute Gasteiger partial charge is 0.382 e. The predicted octanol–water partition coefficient (Wildman–Crippen LogP) is 2.74. The fourth-order valence-corrected chi connectivity index (χ4v) is 1.17. The van der Waals surface area contributed by atoms with Crippen LogP contribution in [0.2, 0.25) is 0 Å². The van der Waals surface area contributed by atoms with Crippen molar-refractivity contribution in [1.82, 2.24) is 0 Å². The van der Waals surface area contributed by atoms with Gasteiger partial charge in [-0.05, 0) is 31.2 Å². The molecule has 1 rings (SSSR count). The minimum Gasteiger partial charge on any atom is -0.382 e. The Bertz CT molecular complexity index is 286. The smallest absolute Gasteiger partial charge is 0.0362 e. The molecule has 0 atom stereocenters. The van der Waals surface area contributed by atoms with Gasteiger partial charge >= 0.3 is 0 Å². The summed E-state index contributed by atoms with van der Waals surface area (Å²) in [5.74, 6) is 0. The Morgan fingerprint density at radius 2 is 1.86 bits per heavy atom. The molecule has 76 valence electrons. The third kappa shape index (κ3) is 3.13. The minimum absolute atomic E-state index is 0.887. The van der Waals surface area contributed by atoms with Gasteiger partial charge in [0.2, 0.25) is 0 Å². The highest BCUT2D eigenvalue weighted by Gasteiger charge is 1.93. The van der Waals surface area contributed by atoms with Crippen LogP contribution in [0.4, 0.5) is 11.4 Å². The molecule has 0 aliphatic carbocycles. The Morgan fingerprint density at radius 3 is 2.36 bits per heavy atom. The number of hydrogen-bond donors (Lipinski definition) is 1. The van der Waals surface area contributed by atoms with E-state index in [1.807, 2.05) is 27.1 Å². The second kappa shape index (κ2) is 5.32. The molecular formula is C12H18N2. The average molecular weight is 190 g/mol. The first-order chi connectivity index (χ1) is 6.74. The zero-order valence-electron chi connectivity index (χ0n) is 9.12. The third-order valence-electron chi connectivity index (χ3n) is 2.04. The maximum Gasteiger partial charge on any atom is 0.0362 e. The van der Waals surface area contributed by atoms with E-state index in [0.717, 1.165) is 12.2 Å². The van der Waals surface area contributed by atoms with Crippen molar-refractivity contribution in [3.05, 3.63) is 36.4 Å². The Hall–Kier alpha value is -1.44. The van der Waals surface area contributed by atoms with Crippen molar-refractivity contribution < 1.29 is 0 Å². The second-order valence-corrected chi connectivity index (χ2v) is 3.39. The number of anilines is 2. The van der Waals surface area contributed by atoms with Crippen molar-refractivity contribution in [2.75, 3.05) is 30.9 Å². The number of nitrogens with zero attached hydrogens (tertiary/aromatic N) is 1. The molecule has 0 aliphatic rings. The van der Waals surface area contributed by atoms with Crippen LogP contribution in [0.3, 0.4) is 0 Å². The zero-order chi connectivity index (χ0) is 10.4. The molecule has 1 aromatic rings. The number of rotatable bonds is 4. The highest BCUT2D eigenvalue weighted by atomic mass is 15.1. The lowest BCUT2D eigenvalue weighted by molar-refractivity contribution is 1.13. The monoisotopic (exact) mass is 190 g/mol. The molecule has 0 unspecified atom stereocenters. The predicted molar refractivity (Wildman–Crippen MR) is 64.1 cm³/mol. The SMILES string of the molecule is C/C=C/CNc1ccc(N(C)C)cc1. The number of hydrogen-bond acceptors (Lipinski definition) is 2. The maximum absolute atomic E-state index is 3.31. The van der Waals surface area contributed by atoms with E-state index in [2.05, 4.69) is 40.6 Å². The summed E-state index contributed by atoms with van der Waals surface area (Å²) in [6, 6.07) is 8.41. The molecule has 0 saturated carbocycles. The van der Waals surface area contributed by atoms with Crippen molar-refractivity contribution in [3.63, 3.8) is 0 Å². The molecule has 2 heteroatoms. The van der Waals surface area contributed by atoms with Gasteiger partial charge < -0.3 is 10.2 Å². The van der Waals surface area contributed by atoms with Crippen molar-refractivity contribution in [3.8, 4) is 0 Å². The molecular weight excluding hydrogens is 172 g/mol. The van der Waals surface area contributed by atoms with Crippen molar-refractivity contribution in [2.45, 2.75) is 6.92 Å². The Balaban J connectivity index is 2.55. The van der Waals surface area contributed by atoms with Crippen molar-refractivity contribution in [2.24, 2.45) is 0 Å². The first-order valence-corrected chi connectivity index (χ1v) is 4.86. The third-order valence-corrected chi connectivity index (χ3v) is 2.04. The maximum atomic E-state index is 3.31. The fourth-order valence-electron chi connectivity index (χ4n) is 1.17. The van der Waals surface area contributed by atoms with E-state index in [1.54, 1.807) is 0 Å². The average Bonchev–Trinajstić information content (AvgIpc) is 2.19. The van der Waals surface area contributed by atoms with Gasteiger partial charge in [-0.3, -0.25) is 0 Å². The number of nitrogens with one attached hydrogen (secondary N) is 1. The summed E-state index contributed by atoms with van der Waals surface area (Å²) in [6.07, 6.45) is 4.14. The second-order valence-electron chi connectivity index (χ2n) is 3.39. The first-order valence-electron chi connectivity index (χ1n) is 4.86. The zero-order valence-corrected chi connectivity index (χ0v) is 9.12. The number of allylic oxidation sites excluding steroid dienone is 1. The molecule has 1 N–H and O–H groups in total. The van der Waals surface area contributed by atoms with E-state index in [1.165, 1.54) is 5.69 Å². The van der Waals surface area contributed by atoms with Gasteiger partial charge in [-0.1, -0.05) is 12.2 Å². The Kier molecular flexibility index (Phi) is 4.05. The summed E-state index contributed by atoms with van der Waals surface area (Å²) in [4.78, 5) is 2.09. The summed E-state index contributed by atoms with van der Waals surface area (Å²) >= 11 is 0. The standard InChI is InChI=1S/C12H18N2/c1-4-5-10-13-11-6-8-12(9-7-11)14(2)3/h4-9,13H,10H2,1-3H3/b5-4+.